The number of carbonyl (C=O) groups is 1. The summed E-state index contributed by atoms with van der Waals surface area (Å²) in [6.07, 6.45) is 2.10. The molecule has 0 fully saturated rings. The highest BCUT2D eigenvalue weighted by molar-refractivity contribution is 6.06. The van der Waals surface area contributed by atoms with Crippen LogP contribution in [0.1, 0.15) is 27.9 Å². The predicted molar refractivity (Wildman–Crippen MR) is 77.6 cm³/mol. The van der Waals surface area contributed by atoms with Crippen LogP contribution in [0.4, 0.5) is 5.69 Å². The summed E-state index contributed by atoms with van der Waals surface area (Å²) in [6.45, 7) is 2.90. The van der Waals surface area contributed by atoms with Gasteiger partial charge >= 0.3 is 0 Å². The first-order valence-corrected chi connectivity index (χ1v) is 6.72. The Morgan fingerprint density at radius 2 is 1.89 bits per heavy atom. The first kappa shape index (κ1) is 12.0. The van der Waals surface area contributed by atoms with E-state index in [4.69, 9.17) is 0 Å². The van der Waals surface area contributed by atoms with Gasteiger partial charge in [0.2, 0.25) is 0 Å². The van der Waals surface area contributed by atoms with Crippen molar-refractivity contribution >= 4 is 11.6 Å². The topological polar surface area (TPSA) is 20.3 Å². The van der Waals surface area contributed by atoms with Gasteiger partial charge in [-0.3, -0.25) is 4.79 Å². The van der Waals surface area contributed by atoms with E-state index in [9.17, 15) is 4.79 Å². The van der Waals surface area contributed by atoms with Crippen molar-refractivity contribution in [1.82, 2.24) is 0 Å². The second-order valence-electron chi connectivity index (χ2n) is 5.06. The van der Waals surface area contributed by atoms with Crippen LogP contribution < -0.4 is 4.90 Å². The molecule has 0 saturated heterocycles. The number of anilines is 1. The highest BCUT2D eigenvalue weighted by Crippen LogP contribution is 2.29. The molecule has 0 aromatic heterocycles. The molecule has 0 N–H and O–H groups in total. The molecular weight excluding hydrogens is 234 g/mol. The predicted octanol–water partition coefficient (Wildman–Crippen LogP) is 3.59. The SMILES string of the molecule is Cc1ccc2c(c1)CCCN2C(=O)c1ccccc1. The fourth-order valence-electron chi connectivity index (χ4n) is 2.67. The zero-order chi connectivity index (χ0) is 13.2. The minimum atomic E-state index is 0.102. The molecule has 0 saturated carbocycles. The highest BCUT2D eigenvalue weighted by Gasteiger charge is 2.23. The second kappa shape index (κ2) is 4.88. The second-order valence-corrected chi connectivity index (χ2v) is 5.06. The Morgan fingerprint density at radius 3 is 2.68 bits per heavy atom. The molecule has 1 aliphatic heterocycles. The van der Waals surface area contributed by atoms with Crippen LogP contribution in [-0.4, -0.2) is 12.5 Å². The first-order valence-electron chi connectivity index (χ1n) is 6.72. The van der Waals surface area contributed by atoms with E-state index in [1.807, 2.05) is 35.2 Å². The number of amides is 1. The van der Waals surface area contributed by atoms with Crippen molar-refractivity contribution in [3.63, 3.8) is 0 Å². The van der Waals surface area contributed by atoms with Gasteiger partial charge in [0.1, 0.15) is 0 Å². The molecule has 1 amide bonds. The molecular formula is C17H17NO. The summed E-state index contributed by atoms with van der Waals surface area (Å²) in [4.78, 5) is 14.5. The van der Waals surface area contributed by atoms with E-state index in [0.29, 0.717) is 0 Å². The third-order valence-electron chi connectivity index (χ3n) is 3.62. The number of aryl methyl sites for hydroxylation is 2. The van der Waals surface area contributed by atoms with Gasteiger partial charge in [-0.2, -0.15) is 0 Å². The average molecular weight is 251 g/mol. The van der Waals surface area contributed by atoms with Gasteiger partial charge in [-0.25, -0.2) is 0 Å². The molecule has 0 aliphatic carbocycles. The Balaban J connectivity index is 1.98. The van der Waals surface area contributed by atoms with E-state index in [-0.39, 0.29) is 5.91 Å². The van der Waals surface area contributed by atoms with Crippen LogP contribution in [0.15, 0.2) is 48.5 Å². The smallest absolute Gasteiger partial charge is 0.258 e. The van der Waals surface area contributed by atoms with Gasteiger partial charge in [0.05, 0.1) is 0 Å². The standard InChI is InChI=1S/C17H17NO/c1-13-9-10-16-15(12-13)8-5-11-18(16)17(19)14-6-3-2-4-7-14/h2-4,6-7,9-10,12H,5,8,11H2,1H3. The summed E-state index contributed by atoms with van der Waals surface area (Å²) in [7, 11) is 0. The quantitative estimate of drug-likeness (QED) is 0.758. The first-order chi connectivity index (χ1) is 9.25. The van der Waals surface area contributed by atoms with Crippen molar-refractivity contribution in [3.8, 4) is 0 Å². The number of rotatable bonds is 1. The van der Waals surface area contributed by atoms with Gasteiger partial charge in [0.15, 0.2) is 0 Å². The Labute approximate surface area is 113 Å². The molecule has 2 heteroatoms. The summed E-state index contributed by atoms with van der Waals surface area (Å²) in [5, 5.41) is 0. The van der Waals surface area contributed by atoms with Crippen LogP contribution in [0.25, 0.3) is 0 Å². The molecule has 96 valence electrons. The van der Waals surface area contributed by atoms with Gasteiger partial charge in [-0.1, -0.05) is 35.9 Å². The fraction of sp³-hybridized carbons (Fsp3) is 0.235. The molecule has 0 unspecified atom stereocenters. The Hall–Kier alpha value is -2.09. The number of carbonyl (C=O) groups excluding carboxylic acids is 1. The molecule has 3 rings (SSSR count). The zero-order valence-electron chi connectivity index (χ0n) is 11.1. The number of fused-ring (bicyclic) bond motifs is 1. The van der Waals surface area contributed by atoms with Crippen molar-refractivity contribution in [2.75, 3.05) is 11.4 Å². The Kier molecular flexibility index (Phi) is 3.08. The molecule has 1 heterocycles. The van der Waals surface area contributed by atoms with Crippen molar-refractivity contribution in [2.24, 2.45) is 0 Å². The lowest BCUT2D eigenvalue weighted by molar-refractivity contribution is 0.0985. The zero-order valence-corrected chi connectivity index (χ0v) is 11.1. The lowest BCUT2D eigenvalue weighted by atomic mass is 9.99. The molecule has 2 aromatic carbocycles. The van der Waals surface area contributed by atoms with Crippen LogP contribution in [0, 0.1) is 6.92 Å². The molecule has 0 atom stereocenters. The molecule has 1 aliphatic rings. The summed E-state index contributed by atoms with van der Waals surface area (Å²) >= 11 is 0. The number of hydrogen-bond donors (Lipinski definition) is 0. The average Bonchev–Trinajstić information content (AvgIpc) is 2.46. The van der Waals surface area contributed by atoms with Crippen molar-refractivity contribution in [1.29, 1.82) is 0 Å². The van der Waals surface area contributed by atoms with Crippen LogP contribution in [-0.2, 0) is 6.42 Å². The Morgan fingerprint density at radius 1 is 1.11 bits per heavy atom. The number of nitrogens with zero attached hydrogens (tertiary/aromatic N) is 1. The van der Waals surface area contributed by atoms with Crippen LogP contribution >= 0.6 is 0 Å². The molecule has 19 heavy (non-hydrogen) atoms. The number of hydrogen-bond acceptors (Lipinski definition) is 1. The lowest BCUT2D eigenvalue weighted by Gasteiger charge is -2.29. The van der Waals surface area contributed by atoms with Crippen LogP contribution in [0.3, 0.4) is 0 Å². The minimum Gasteiger partial charge on any atom is -0.308 e. The largest absolute Gasteiger partial charge is 0.308 e. The Bertz CT molecular complexity index is 604. The maximum Gasteiger partial charge on any atom is 0.258 e. The maximum absolute atomic E-state index is 12.6. The maximum atomic E-state index is 12.6. The highest BCUT2D eigenvalue weighted by atomic mass is 16.2. The molecule has 2 aromatic rings. The van der Waals surface area contributed by atoms with Gasteiger partial charge in [0.25, 0.3) is 5.91 Å². The summed E-state index contributed by atoms with van der Waals surface area (Å²) < 4.78 is 0. The van der Waals surface area contributed by atoms with Gasteiger partial charge in [-0.05, 0) is 43.5 Å². The van der Waals surface area contributed by atoms with E-state index in [2.05, 4.69) is 25.1 Å². The third-order valence-corrected chi connectivity index (χ3v) is 3.62. The molecule has 0 spiro atoms. The fourth-order valence-corrected chi connectivity index (χ4v) is 2.67. The summed E-state index contributed by atoms with van der Waals surface area (Å²) in [6, 6.07) is 15.9. The number of benzene rings is 2. The minimum absolute atomic E-state index is 0.102. The van der Waals surface area contributed by atoms with E-state index < -0.39 is 0 Å². The third kappa shape index (κ3) is 2.26. The van der Waals surface area contributed by atoms with Crippen molar-refractivity contribution < 1.29 is 4.79 Å². The van der Waals surface area contributed by atoms with Gasteiger partial charge < -0.3 is 4.90 Å². The van der Waals surface area contributed by atoms with E-state index in [0.717, 1.165) is 30.6 Å². The summed E-state index contributed by atoms with van der Waals surface area (Å²) in [5.41, 5.74) is 4.38. The molecule has 0 bridgehead atoms. The van der Waals surface area contributed by atoms with Crippen LogP contribution in [0.2, 0.25) is 0 Å². The van der Waals surface area contributed by atoms with Gasteiger partial charge in [-0.15, -0.1) is 0 Å². The van der Waals surface area contributed by atoms with Crippen molar-refractivity contribution in [2.45, 2.75) is 19.8 Å². The molecule has 2 nitrogen and oxygen atoms in total. The lowest BCUT2D eigenvalue weighted by Crippen LogP contribution is -2.35. The summed E-state index contributed by atoms with van der Waals surface area (Å²) in [5.74, 6) is 0.102. The van der Waals surface area contributed by atoms with E-state index in [1.165, 1.54) is 11.1 Å². The van der Waals surface area contributed by atoms with E-state index in [1.54, 1.807) is 0 Å². The van der Waals surface area contributed by atoms with Gasteiger partial charge in [0, 0.05) is 17.8 Å². The van der Waals surface area contributed by atoms with E-state index >= 15 is 0 Å². The monoisotopic (exact) mass is 251 g/mol. The normalized spacial score (nSPS) is 14.1. The van der Waals surface area contributed by atoms with Crippen LogP contribution in [0.5, 0.6) is 0 Å². The van der Waals surface area contributed by atoms with Crippen molar-refractivity contribution in [3.05, 3.63) is 65.2 Å². The molecule has 0 radical (unpaired) electrons.